The molecule has 100 valence electrons. The zero-order valence-electron chi connectivity index (χ0n) is 10.2. The number of aromatic nitrogens is 1. The molecule has 0 spiro atoms. The van der Waals surface area contributed by atoms with E-state index in [4.69, 9.17) is 35.4 Å². The molecular formula is C15H9Cl2NS2. The van der Waals surface area contributed by atoms with Crippen LogP contribution in [0.2, 0.25) is 10.0 Å². The highest BCUT2D eigenvalue weighted by Crippen LogP contribution is 2.36. The highest BCUT2D eigenvalue weighted by Gasteiger charge is 2.11. The lowest BCUT2D eigenvalue weighted by Crippen LogP contribution is -1.81. The third kappa shape index (κ3) is 2.81. The van der Waals surface area contributed by atoms with Crippen LogP contribution in [0.4, 0.5) is 0 Å². The second-order valence-electron chi connectivity index (χ2n) is 4.23. The summed E-state index contributed by atoms with van der Waals surface area (Å²) in [6.07, 6.45) is 0. The molecular weight excluding hydrogens is 329 g/mol. The molecule has 0 saturated carbocycles. The lowest BCUT2D eigenvalue weighted by Gasteiger charge is -2.04. The largest absolute Gasteiger partial charge is 0.336 e. The molecule has 1 N–H and O–H groups in total. The van der Waals surface area contributed by atoms with Crippen molar-refractivity contribution in [2.24, 2.45) is 0 Å². The van der Waals surface area contributed by atoms with Gasteiger partial charge in [0.05, 0.1) is 10.6 Å². The van der Waals surface area contributed by atoms with Crippen molar-refractivity contribution in [3.8, 4) is 21.7 Å². The maximum absolute atomic E-state index is 5.94. The lowest BCUT2D eigenvalue weighted by atomic mass is 10.1. The minimum absolute atomic E-state index is 0.718. The summed E-state index contributed by atoms with van der Waals surface area (Å²) < 4.78 is 0.750. The first-order chi connectivity index (χ1) is 9.63. The lowest BCUT2D eigenvalue weighted by molar-refractivity contribution is 1.39. The van der Waals surface area contributed by atoms with Gasteiger partial charge in [0.25, 0.3) is 0 Å². The Morgan fingerprint density at radius 1 is 0.800 bits per heavy atom. The van der Waals surface area contributed by atoms with Gasteiger partial charge in [-0.25, -0.2) is 0 Å². The van der Waals surface area contributed by atoms with Crippen molar-refractivity contribution in [1.82, 2.24) is 4.98 Å². The van der Waals surface area contributed by atoms with Gasteiger partial charge in [-0.15, -0.1) is 11.3 Å². The summed E-state index contributed by atoms with van der Waals surface area (Å²) in [6.45, 7) is 0. The molecule has 0 radical (unpaired) electrons. The van der Waals surface area contributed by atoms with Gasteiger partial charge in [0, 0.05) is 10.0 Å². The van der Waals surface area contributed by atoms with Crippen LogP contribution in [0.3, 0.4) is 0 Å². The van der Waals surface area contributed by atoms with Gasteiger partial charge in [0.15, 0.2) is 3.95 Å². The van der Waals surface area contributed by atoms with E-state index in [1.807, 2.05) is 48.5 Å². The third-order valence-corrected chi connectivity index (χ3v) is 4.68. The molecule has 20 heavy (non-hydrogen) atoms. The van der Waals surface area contributed by atoms with Crippen LogP contribution in [0.5, 0.6) is 0 Å². The predicted molar refractivity (Wildman–Crippen MR) is 90.4 cm³/mol. The average molecular weight is 338 g/mol. The number of halogens is 2. The Balaban J connectivity index is 2.15. The summed E-state index contributed by atoms with van der Waals surface area (Å²) in [5, 5.41) is 1.44. The molecule has 3 aromatic rings. The fourth-order valence-corrected chi connectivity index (χ4v) is 3.42. The minimum atomic E-state index is 0.718. The molecule has 1 heterocycles. The molecule has 0 atom stereocenters. The van der Waals surface area contributed by atoms with E-state index in [-0.39, 0.29) is 0 Å². The van der Waals surface area contributed by atoms with Gasteiger partial charge in [0.2, 0.25) is 0 Å². The van der Waals surface area contributed by atoms with E-state index in [0.29, 0.717) is 0 Å². The molecule has 0 fully saturated rings. The third-order valence-electron chi connectivity index (χ3n) is 2.89. The Morgan fingerprint density at radius 3 is 1.85 bits per heavy atom. The van der Waals surface area contributed by atoms with E-state index in [2.05, 4.69) is 4.98 Å². The van der Waals surface area contributed by atoms with E-state index < -0.39 is 0 Å². The number of hydrogen-bond donors (Lipinski definition) is 1. The Kier molecular flexibility index (Phi) is 3.94. The van der Waals surface area contributed by atoms with Gasteiger partial charge >= 0.3 is 0 Å². The van der Waals surface area contributed by atoms with Gasteiger partial charge in [-0.1, -0.05) is 47.5 Å². The molecule has 0 aliphatic carbocycles. The first-order valence-corrected chi connectivity index (χ1v) is 7.86. The monoisotopic (exact) mass is 337 g/mol. The van der Waals surface area contributed by atoms with E-state index in [9.17, 15) is 0 Å². The van der Waals surface area contributed by atoms with Crippen molar-refractivity contribution in [2.75, 3.05) is 0 Å². The number of hydrogen-bond acceptors (Lipinski definition) is 2. The normalized spacial score (nSPS) is 10.7. The summed E-state index contributed by atoms with van der Waals surface area (Å²) in [5.74, 6) is 0. The van der Waals surface area contributed by atoms with Crippen LogP contribution in [0.1, 0.15) is 0 Å². The molecule has 0 amide bonds. The SMILES string of the molecule is S=c1[nH]c(-c2ccc(Cl)cc2)c(-c2ccc(Cl)cc2)s1. The molecule has 2 aromatic carbocycles. The summed E-state index contributed by atoms with van der Waals surface area (Å²) in [7, 11) is 0. The van der Waals surface area contributed by atoms with Crippen LogP contribution >= 0.6 is 46.8 Å². The summed E-state index contributed by atoms with van der Waals surface area (Å²) in [5.41, 5.74) is 3.17. The van der Waals surface area contributed by atoms with Crippen molar-refractivity contribution < 1.29 is 0 Å². The minimum Gasteiger partial charge on any atom is -0.336 e. The van der Waals surface area contributed by atoms with Crippen LogP contribution in [0.15, 0.2) is 48.5 Å². The quantitative estimate of drug-likeness (QED) is 0.531. The Morgan fingerprint density at radius 2 is 1.30 bits per heavy atom. The Labute approximate surface area is 135 Å². The zero-order valence-corrected chi connectivity index (χ0v) is 13.3. The molecule has 1 nitrogen and oxygen atoms in total. The van der Waals surface area contributed by atoms with E-state index >= 15 is 0 Å². The van der Waals surface area contributed by atoms with Gasteiger partial charge < -0.3 is 4.98 Å². The Bertz CT molecular complexity index is 720. The number of nitrogens with one attached hydrogen (secondary N) is 1. The van der Waals surface area contributed by atoms with Gasteiger partial charge in [-0.2, -0.15) is 0 Å². The first-order valence-electron chi connectivity index (χ1n) is 5.88. The second kappa shape index (κ2) is 5.70. The number of benzene rings is 2. The van der Waals surface area contributed by atoms with Crippen molar-refractivity contribution in [1.29, 1.82) is 0 Å². The molecule has 0 aliphatic rings. The summed E-state index contributed by atoms with van der Waals surface area (Å²) in [4.78, 5) is 4.36. The molecule has 3 rings (SSSR count). The molecule has 1 aromatic heterocycles. The molecule has 5 heteroatoms. The van der Waals surface area contributed by atoms with Crippen LogP contribution in [-0.4, -0.2) is 4.98 Å². The second-order valence-corrected chi connectivity index (χ2v) is 6.79. The van der Waals surface area contributed by atoms with Crippen LogP contribution in [0.25, 0.3) is 21.7 Å². The number of rotatable bonds is 2. The molecule has 0 saturated heterocycles. The van der Waals surface area contributed by atoms with E-state index in [1.165, 1.54) is 0 Å². The van der Waals surface area contributed by atoms with Crippen LogP contribution in [0, 0.1) is 3.95 Å². The van der Waals surface area contributed by atoms with Crippen molar-refractivity contribution >= 4 is 46.8 Å². The maximum atomic E-state index is 5.94. The topological polar surface area (TPSA) is 15.8 Å². The summed E-state index contributed by atoms with van der Waals surface area (Å²) >= 11 is 18.7. The van der Waals surface area contributed by atoms with Gasteiger partial charge in [0.1, 0.15) is 0 Å². The zero-order chi connectivity index (χ0) is 14.1. The van der Waals surface area contributed by atoms with Gasteiger partial charge in [-0.05, 0) is 47.6 Å². The molecule has 0 unspecified atom stereocenters. The van der Waals surface area contributed by atoms with Crippen molar-refractivity contribution in [3.05, 3.63) is 62.5 Å². The Hall–Kier alpha value is -1.13. The van der Waals surface area contributed by atoms with E-state index in [0.717, 1.165) is 35.7 Å². The average Bonchev–Trinajstić information content (AvgIpc) is 2.82. The highest BCUT2D eigenvalue weighted by molar-refractivity contribution is 7.73. The summed E-state index contributed by atoms with van der Waals surface area (Å²) in [6, 6.07) is 15.5. The van der Waals surface area contributed by atoms with Crippen molar-refractivity contribution in [3.63, 3.8) is 0 Å². The fourth-order valence-electron chi connectivity index (χ4n) is 1.95. The smallest absolute Gasteiger partial charge is 0.159 e. The van der Waals surface area contributed by atoms with Crippen LogP contribution in [-0.2, 0) is 0 Å². The standard InChI is InChI=1S/C15H9Cl2NS2/c16-11-5-1-9(2-6-11)13-14(20-15(19)18-13)10-3-7-12(17)8-4-10/h1-8H,(H,18,19). The molecule has 0 aliphatic heterocycles. The van der Waals surface area contributed by atoms with Crippen LogP contribution < -0.4 is 0 Å². The van der Waals surface area contributed by atoms with E-state index in [1.54, 1.807) is 11.3 Å². The number of H-pyrrole nitrogens is 1. The fraction of sp³-hybridized carbons (Fsp3) is 0. The maximum Gasteiger partial charge on any atom is 0.159 e. The predicted octanol–water partition coefficient (Wildman–Crippen LogP) is 6.45. The highest BCUT2D eigenvalue weighted by atomic mass is 35.5. The number of thiazole rings is 1. The van der Waals surface area contributed by atoms with Gasteiger partial charge in [-0.3, -0.25) is 0 Å². The van der Waals surface area contributed by atoms with Crippen molar-refractivity contribution in [2.45, 2.75) is 0 Å². The first kappa shape index (κ1) is 13.8. The molecule has 0 bridgehead atoms. The number of aromatic amines is 1.